The highest BCUT2D eigenvalue weighted by Crippen LogP contribution is 2.36. The first-order chi connectivity index (χ1) is 33.4. The number of aliphatic hydroxyl groups excluding tert-OH is 1. The van der Waals surface area contributed by atoms with Crippen molar-refractivity contribution in [2.24, 2.45) is 13.0 Å². The maximum absolute atomic E-state index is 14.2. The number of thiazole rings is 1. The number of carbonyl (C=O) groups is 2. The molecule has 15 nitrogen and oxygen atoms in total. The fourth-order valence-corrected chi connectivity index (χ4v) is 11.0. The first-order valence-electron chi connectivity index (χ1n) is 24.2. The summed E-state index contributed by atoms with van der Waals surface area (Å²) in [6, 6.07) is 21.2. The molecule has 2 amide bonds. The molecule has 3 fully saturated rings. The summed E-state index contributed by atoms with van der Waals surface area (Å²) < 4.78 is 26.7. The maximum Gasteiger partial charge on any atom is 0.254 e. The third kappa shape index (κ3) is 9.98. The number of rotatable bonds is 16. The van der Waals surface area contributed by atoms with E-state index in [0.717, 1.165) is 94.6 Å². The molecule has 0 radical (unpaired) electrons. The lowest BCUT2D eigenvalue weighted by atomic mass is 9.91. The molecule has 69 heavy (non-hydrogen) atoms. The monoisotopic (exact) mass is 952 g/mol. The highest BCUT2D eigenvalue weighted by Gasteiger charge is 2.44. The van der Waals surface area contributed by atoms with Gasteiger partial charge < -0.3 is 38.6 Å². The van der Waals surface area contributed by atoms with Crippen LogP contribution >= 0.6 is 11.3 Å². The van der Waals surface area contributed by atoms with E-state index in [9.17, 15) is 14.7 Å². The number of β-amino-alcohol motifs (C(OH)–C–C–N with tert-alkyl or cyclic N) is 1. The highest BCUT2D eigenvalue weighted by molar-refractivity contribution is 7.13. The second-order valence-electron chi connectivity index (χ2n) is 19.2. The Morgan fingerprint density at radius 3 is 2.39 bits per heavy atom. The Kier molecular flexibility index (Phi) is 13.5. The largest absolute Gasteiger partial charge is 0.474 e. The minimum atomic E-state index is -0.821. The fraction of sp³-hybridized carbons (Fsp3) is 0.434. The molecule has 3 aliphatic rings. The van der Waals surface area contributed by atoms with Gasteiger partial charge in [-0.25, -0.2) is 9.97 Å². The van der Waals surface area contributed by atoms with Gasteiger partial charge in [0.1, 0.15) is 24.7 Å². The van der Waals surface area contributed by atoms with Gasteiger partial charge in [0, 0.05) is 105 Å². The summed E-state index contributed by atoms with van der Waals surface area (Å²) in [7, 11) is 2.09. The number of nitrogens with zero attached hydrogens (tertiary/aromatic N) is 7. The number of benzene rings is 2. The molecule has 10 rings (SSSR count). The topological polar surface area (TPSA) is 170 Å². The summed E-state index contributed by atoms with van der Waals surface area (Å²) >= 11 is 1.59. The van der Waals surface area contributed by atoms with Crippen LogP contribution in [0.25, 0.3) is 43.4 Å². The molecule has 2 N–H and O–H groups in total. The van der Waals surface area contributed by atoms with Gasteiger partial charge in [0.25, 0.3) is 5.88 Å². The smallest absolute Gasteiger partial charge is 0.254 e. The van der Waals surface area contributed by atoms with Crippen LogP contribution < -0.4 is 14.8 Å². The SMILES string of the molecule is Cc1ncsc1-c1ccc([C@H](C)NC(=O)[C@@H]2C[C@@H](O)CN2C(=O)[C@H](c2cc(OCCN3CCC(OC4CC(Oc5ccc(-c6ccc7c8cnccc8n(C)c7c6)cn5)C4)CC3)no2)C(C)C)cc1. The summed E-state index contributed by atoms with van der Waals surface area (Å²) in [5.41, 5.74) is 9.30. The molecule has 4 atom stereocenters. The second-order valence-corrected chi connectivity index (χ2v) is 20.1. The van der Waals surface area contributed by atoms with Crippen LogP contribution in [-0.2, 0) is 21.4 Å². The van der Waals surface area contributed by atoms with Crippen molar-refractivity contribution in [1.29, 1.82) is 0 Å². The minimum Gasteiger partial charge on any atom is -0.474 e. The zero-order chi connectivity index (χ0) is 47.8. The Morgan fingerprint density at radius 1 is 0.870 bits per heavy atom. The van der Waals surface area contributed by atoms with E-state index in [4.69, 9.17) is 18.7 Å². The summed E-state index contributed by atoms with van der Waals surface area (Å²) in [6.07, 6.45) is 9.08. The number of ether oxygens (including phenoxy) is 3. The van der Waals surface area contributed by atoms with Crippen molar-refractivity contribution in [1.82, 2.24) is 39.8 Å². The number of amides is 2. The molecule has 7 aromatic rings. The first kappa shape index (κ1) is 46.5. The molecule has 2 aromatic carbocycles. The lowest BCUT2D eigenvalue weighted by Crippen LogP contribution is -2.48. The summed E-state index contributed by atoms with van der Waals surface area (Å²) in [6.45, 7) is 10.8. The second kappa shape index (κ2) is 20.0. The molecule has 2 aliphatic heterocycles. The van der Waals surface area contributed by atoms with Crippen LogP contribution in [0, 0.1) is 12.8 Å². The van der Waals surface area contributed by atoms with Crippen molar-refractivity contribution in [2.75, 3.05) is 32.8 Å². The number of fused-ring (bicyclic) bond motifs is 3. The third-order valence-corrected chi connectivity index (χ3v) is 15.2. The van der Waals surface area contributed by atoms with E-state index < -0.39 is 18.1 Å². The van der Waals surface area contributed by atoms with E-state index in [1.54, 1.807) is 17.4 Å². The number of hydrogen-bond acceptors (Lipinski definition) is 13. The molecule has 16 heteroatoms. The average Bonchev–Trinajstić information content (AvgIpc) is 4.15. The van der Waals surface area contributed by atoms with E-state index in [1.807, 2.05) is 88.2 Å². The van der Waals surface area contributed by atoms with E-state index >= 15 is 0 Å². The van der Waals surface area contributed by atoms with Gasteiger partial charge in [0.2, 0.25) is 17.7 Å². The molecular weight excluding hydrogens is 893 g/mol. The van der Waals surface area contributed by atoms with E-state index in [2.05, 4.69) is 66.2 Å². The van der Waals surface area contributed by atoms with Crippen LogP contribution in [-0.4, -0.2) is 115 Å². The van der Waals surface area contributed by atoms with E-state index in [0.29, 0.717) is 24.1 Å². The molecule has 1 saturated carbocycles. The Hall–Kier alpha value is -6.20. The Labute approximate surface area is 405 Å². The van der Waals surface area contributed by atoms with Crippen molar-refractivity contribution >= 4 is 45.0 Å². The lowest BCUT2D eigenvalue weighted by Gasteiger charge is -2.39. The van der Waals surface area contributed by atoms with Gasteiger partial charge in [-0.05, 0) is 72.7 Å². The predicted molar refractivity (Wildman–Crippen MR) is 264 cm³/mol. The summed E-state index contributed by atoms with van der Waals surface area (Å²) in [5, 5.41) is 20.3. The third-order valence-electron chi connectivity index (χ3n) is 14.2. The highest BCUT2D eigenvalue weighted by atomic mass is 32.1. The van der Waals surface area contributed by atoms with Crippen molar-refractivity contribution in [3.05, 3.63) is 108 Å². The Bertz CT molecular complexity index is 2900. The normalized spacial score (nSPS) is 20.9. The maximum atomic E-state index is 14.2. The standard InChI is InChI=1S/C53H60N8O7S/c1-31(2)50(53(64)61-29-38(62)23-46(61)52(63)57-32(3)34-6-8-35(9-7-34)51-33(4)56-30-69-51)47-26-49(58-68-47)65-21-20-60-18-15-39(16-19-60)66-40-24-41(25-40)67-48-13-11-37(27-55-48)36-10-12-42-43-28-54-17-14-44(43)59(5)45(42)22-36/h6-14,17,22,26-28,30-32,38-41,46,50,62H,15-16,18-21,23-25,29H2,1-5H3,(H,57,63)/t32-,38+,40?,41?,46-,50-/m0/s1. The zero-order valence-electron chi connectivity index (χ0n) is 39.8. The number of carbonyl (C=O) groups excluding carboxylic acids is 2. The van der Waals surface area contributed by atoms with Gasteiger partial charge in [-0.3, -0.25) is 19.5 Å². The van der Waals surface area contributed by atoms with Crippen LogP contribution in [0.2, 0.25) is 0 Å². The molecular formula is C53H60N8O7S. The van der Waals surface area contributed by atoms with Gasteiger partial charge in [-0.15, -0.1) is 11.3 Å². The van der Waals surface area contributed by atoms with Crippen molar-refractivity contribution in [3.8, 4) is 33.3 Å². The lowest BCUT2D eigenvalue weighted by molar-refractivity contribution is -0.141. The van der Waals surface area contributed by atoms with Crippen molar-refractivity contribution in [2.45, 2.75) is 102 Å². The number of piperidine rings is 1. The van der Waals surface area contributed by atoms with Gasteiger partial charge in [-0.1, -0.05) is 50.2 Å². The number of hydrogen-bond donors (Lipinski definition) is 2. The molecule has 1 aliphatic carbocycles. The van der Waals surface area contributed by atoms with Gasteiger partial charge in [-0.2, -0.15) is 0 Å². The number of aryl methyl sites for hydroxylation is 2. The number of aliphatic hydroxyl groups is 1. The molecule has 2 saturated heterocycles. The van der Waals surface area contributed by atoms with E-state index in [-0.39, 0.29) is 55.1 Å². The van der Waals surface area contributed by atoms with Crippen molar-refractivity contribution < 1.29 is 33.4 Å². The zero-order valence-corrected chi connectivity index (χ0v) is 40.6. The van der Waals surface area contributed by atoms with Crippen LogP contribution in [0.5, 0.6) is 11.8 Å². The van der Waals surface area contributed by atoms with Gasteiger partial charge >= 0.3 is 0 Å². The average molecular weight is 953 g/mol. The number of nitrogens with one attached hydrogen (secondary N) is 1. The number of aromatic nitrogens is 5. The predicted octanol–water partition coefficient (Wildman–Crippen LogP) is 8.26. The summed E-state index contributed by atoms with van der Waals surface area (Å²) in [4.78, 5) is 46.2. The van der Waals surface area contributed by atoms with Crippen LogP contribution in [0.15, 0.2) is 95.4 Å². The molecule has 360 valence electrons. The quantitative estimate of drug-likeness (QED) is 0.0953. The van der Waals surface area contributed by atoms with Gasteiger partial charge in [0.15, 0.2) is 5.76 Å². The van der Waals surface area contributed by atoms with Crippen LogP contribution in [0.1, 0.15) is 81.9 Å². The molecule has 0 spiro atoms. The van der Waals surface area contributed by atoms with Crippen LogP contribution in [0.4, 0.5) is 0 Å². The minimum absolute atomic E-state index is 0.0600. The first-order valence-corrected chi connectivity index (χ1v) is 25.1. The molecule has 7 heterocycles. The summed E-state index contributed by atoms with van der Waals surface area (Å²) in [5.74, 6) is -0.157. The fourth-order valence-electron chi connectivity index (χ4n) is 10.2. The van der Waals surface area contributed by atoms with E-state index in [1.165, 1.54) is 10.3 Å². The number of pyridine rings is 2. The van der Waals surface area contributed by atoms with Crippen molar-refractivity contribution in [3.63, 3.8) is 0 Å². The molecule has 0 unspecified atom stereocenters. The molecule has 5 aromatic heterocycles. The Balaban J connectivity index is 0.644. The van der Waals surface area contributed by atoms with Crippen LogP contribution in [0.3, 0.4) is 0 Å². The molecule has 0 bridgehead atoms. The number of likely N-dealkylation sites (tertiary alicyclic amines) is 2. The van der Waals surface area contributed by atoms with Gasteiger partial charge in [0.05, 0.1) is 46.0 Å². The Morgan fingerprint density at radius 2 is 1.65 bits per heavy atom.